The van der Waals surface area contributed by atoms with Crippen LogP contribution in [0.15, 0.2) is 54.6 Å². The predicted molar refractivity (Wildman–Crippen MR) is 88.4 cm³/mol. The summed E-state index contributed by atoms with van der Waals surface area (Å²) in [5, 5.41) is 0. The molecule has 22 heavy (non-hydrogen) atoms. The molecular weight excluding hydrogens is 277 g/mol. The summed E-state index contributed by atoms with van der Waals surface area (Å²) in [5.74, 6) is -0.223. The van der Waals surface area contributed by atoms with Crippen LogP contribution in [-0.2, 0) is 4.74 Å². The van der Waals surface area contributed by atoms with Crippen LogP contribution in [0.5, 0.6) is 0 Å². The van der Waals surface area contributed by atoms with Gasteiger partial charge in [0.15, 0.2) is 0 Å². The third-order valence-corrected chi connectivity index (χ3v) is 3.86. The Kier molecular flexibility index (Phi) is 6.56. The molecule has 1 atom stereocenters. The van der Waals surface area contributed by atoms with Gasteiger partial charge in [-0.25, -0.2) is 4.39 Å². The van der Waals surface area contributed by atoms with Crippen molar-refractivity contribution in [3.63, 3.8) is 0 Å². The van der Waals surface area contributed by atoms with Crippen LogP contribution in [0.3, 0.4) is 0 Å². The molecule has 0 bridgehead atoms. The highest BCUT2D eigenvalue weighted by Crippen LogP contribution is 2.26. The highest BCUT2D eigenvalue weighted by atomic mass is 19.1. The second-order valence-corrected chi connectivity index (χ2v) is 5.24. The highest BCUT2D eigenvalue weighted by Gasteiger charge is 2.15. The first-order valence-corrected chi connectivity index (χ1v) is 7.89. The summed E-state index contributed by atoms with van der Waals surface area (Å²) < 4.78 is 19.3. The molecule has 0 aliphatic heterocycles. The van der Waals surface area contributed by atoms with Crippen molar-refractivity contribution in [2.75, 3.05) is 26.2 Å². The number of likely N-dealkylation sites (N-methyl/N-ethyl adjacent to an activating group) is 1. The lowest BCUT2D eigenvalue weighted by Crippen LogP contribution is -2.27. The monoisotopic (exact) mass is 301 g/mol. The number of rotatable bonds is 8. The Morgan fingerprint density at radius 1 is 0.909 bits per heavy atom. The predicted octanol–water partition coefficient (Wildman–Crippen LogP) is 4.27. The van der Waals surface area contributed by atoms with Crippen molar-refractivity contribution in [2.24, 2.45) is 0 Å². The van der Waals surface area contributed by atoms with Crippen molar-refractivity contribution in [2.45, 2.75) is 20.0 Å². The van der Waals surface area contributed by atoms with Crippen molar-refractivity contribution < 1.29 is 9.13 Å². The normalized spacial score (nSPS) is 12.5. The smallest absolute Gasteiger partial charge is 0.123 e. The van der Waals surface area contributed by atoms with Gasteiger partial charge < -0.3 is 9.64 Å². The molecule has 0 heterocycles. The molecule has 2 aromatic rings. The average molecular weight is 301 g/mol. The van der Waals surface area contributed by atoms with Crippen LogP contribution >= 0.6 is 0 Å². The molecule has 0 amide bonds. The second kappa shape index (κ2) is 8.66. The quantitative estimate of drug-likeness (QED) is 0.722. The van der Waals surface area contributed by atoms with Crippen LogP contribution in [0.2, 0.25) is 0 Å². The summed E-state index contributed by atoms with van der Waals surface area (Å²) in [5.41, 5.74) is 2.07. The van der Waals surface area contributed by atoms with E-state index in [0.717, 1.165) is 30.8 Å². The number of ether oxygens (including phenoxy) is 1. The minimum Gasteiger partial charge on any atom is -0.367 e. The molecule has 0 fully saturated rings. The van der Waals surface area contributed by atoms with Gasteiger partial charge in [-0.15, -0.1) is 0 Å². The molecule has 0 aliphatic rings. The fourth-order valence-electron chi connectivity index (χ4n) is 2.49. The van der Waals surface area contributed by atoms with E-state index in [4.69, 9.17) is 4.74 Å². The van der Waals surface area contributed by atoms with E-state index >= 15 is 0 Å². The molecule has 0 spiro atoms. The fraction of sp³-hybridized carbons (Fsp3) is 0.368. The van der Waals surface area contributed by atoms with E-state index in [1.807, 2.05) is 30.3 Å². The number of hydrogen-bond acceptors (Lipinski definition) is 2. The van der Waals surface area contributed by atoms with E-state index in [9.17, 15) is 4.39 Å². The van der Waals surface area contributed by atoms with Gasteiger partial charge >= 0.3 is 0 Å². The van der Waals surface area contributed by atoms with Crippen molar-refractivity contribution in [1.29, 1.82) is 0 Å². The zero-order chi connectivity index (χ0) is 15.8. The van der Waals surface area contributed by atoms with Crippen molar-refractivity contribution in [3.8, 4) is 0 Å². The van der Waals surface area contributed by atoms with E-state index in [1.54, 1.807) is 12.1 Å². The SMILES string of the molecule is CCN(CC)CCOC(c1ccccc1)c1ccc(F)cc1. The lowest BCUT2D eigenvalue weighted by atomic mass is 10.0. The van der Waals surface area contributed by atoms with Crippen molar-refractivity contribution in [1.82, 2.24) is 4.90 Å². The van der Waals surface area contributed by atoms with Gasteiger partial charge in [-0.1, -0.05) is 56.3 Å². The molecule has 0 saturated carbocycles. The summed E-state index contributed by atoms with van der Waals surface area (Å²) in [4.78, 5) is 2.33. The summed E-state index contributed by atoms with van der Waals surface area (Å²) in [6, 6.07) is 16.6. The van der Waals surface area contributed by atoms with Crippen LogP contribution in [0.1, 0.15) is 31.1 Å². The number of halogens is 1. The molecule has 1 unspecified atom stereocenters. The third kappa shape index (κ3) is 4.65. The molecular formula is C19H24FNO. The van der Waals surface area contributed by atoms with Crippen LogP contribution < -0.4 is 0 Å². The maximum absolute atomic E-state index is 13.2. The van der Waals surface area contributed by atoms with Gasteiger partial charge in [-0.2, -0.15) is 0 Å². The first-order chi connectivity index (χ1) is 10.7. The zero-order valence-electron chi connectivity index (χ0n) is 13.3. The van der Waals surface area contributed by atoms with Gasteiger partial charge in [-0.3, -0.25) is 0 Å². The zero-order valence-corrected chi connectivity index (χ0v) is 13.3. The van der Waals surface area contributed by atoms with E-state index in [2.05, 4.69) is 18.7 Å². The minimum absolute atomic E-state index is 0.155. The molecule has 118 valence electrons. The first-order valence-electron chi connectivity index (χ1n) is 7.89. The molecule has 2 rings (SSSR count). The first kappa shape index (κ1) is 16.7. The largest absolute Gasteiger partial charge is 0.367 e. The molecule has 0 radical (unpaired) electrons. The second-order valence-electron chi connectivity index (χ2n) is 5.24. The lowest BCUT2D eigenvalue weighted by molar-refractivity contribution is 0.0618. The van der Waals surface area contributed by atoms with Gasteiger partial charge in [-0.05, 0) is 36.3 Å². The Morgan fingerprint density at radius 2 is 1.50 bits per heavy atom. The van der Waals surface area contributed by atoms with Crippen LogP contribution in [0.25, 0.3) is 0 Å². The average Bonchev–Trinajstić information content (AvgIpc) is 2.57. The standard InChI is InChI=1S/C19H24FNO/c1-3-21(4-2)14-15-22-19(16-8-6-5-7-9-16)17-10-12-18(20)13-11-17/h5-13,19H,3-4,14-15H2,1-2H3. The van der Waals surface area contributed by atoms with Crippen LogP contribution in [0.4, 0.5) is 4.39 Å². The lowest BCUT2D eigenvalue weighted by Gasteiger charge is -2.22. The van der Waals surface area contributed by atoms with Crippen LogP contribution in [-0.4, -0.2) is 31.1 Å². The Bertz CT molecular complexity index is 537. The van der Waals surface area contributed by atoms with Crippen LogP contribution in [0, 0.1) is 5.82 Å². The minimum atomic E-state index is -0.223. The summed E-state index contributed by atoms with van der Waals surface area (Å²) in [6.45, 7) is 7.89. The molecule has 0 saturated heterocycles. The molecule has 2 aromatic carbocycles. The van der Waals surface area contributed by atoms with Gasteiger partial charge in [0.1, 0.15) is 11.9 Å². The van der Waals surface area contributed by atoms with Crippen molar-refractivity contribution >= 4 is 0 Å². The Morgan fingerprint density at radius 3 is 2.09 bits per heavy atom. The highest BCUT2D eigenvalue weighted by molar-refractivity contribution is 5.30. The molecule has 0 N–H and O–H groups in total. The maximum Gasteiger partial charge on any atom is 0.123 e. The van der Waals surface area contributed by atoms with Gasteiger partial charge in [0, 0.05) is 6.54 Å². The summed E-state index contributed by atoms with van der Waals surface area (Å²) in [7, 11) is 0. The maximum atomic E-state index is 13.2. The Hall–Kier alpha value is -1.71. The molecule has 3 heteroatoms. The summed E-state index contributed by atoms with van der Waals surface area (Å²) >= 11 is 0. The van der Waals surface area contributed by atoms with E-state index in [0.29, 0.717) is 6.61 Å². The fourth-order valence-corrected chi connectivity index (χ4v) is 2.49. The topological polar surface area (TPSA) is 12.5 Å². The number of hydrogen-bond donors (Lipinski definition) is 0. The Balaban J connectivity index is 2.10. The molecule has 0 aliphatic carbocycles. The van der Waals surface area contributed by atoms with E-state index in [-0.39, 0.29) is 11.9 Å². The summed E-state index contributed by atoms with van der Waals surface area (Å²) in [6.07, 6.45) is -0.155. The van der Waals surface area contributed by atoms with Gasteiger partial charge in [0.05, 0.1) is 6.61 Å². The third-order valence-electron chi connectivity index (χ3n) is 3.86. The van der Waals surface area contributed by atoms with Gasteiger partial charge in [0.25, 0.3) is 0 Å². The Labute approximate surface area is 132 Å². The van der Waals surface area contributed by atoms with Crippen molar-refractivity contribution in [3.05, 3.63) is 71.5 Å². The van der Waals surface area contributed by atoms with E-state index in [1.165, 1.54) is 12.1 Å². The van der Waals surface area contributed by atoms with E-state index < -0.39 is 0 Å². The molecule has 2 nitrogen and oxygen atoms in total. The number of benzene rings is 2. The number of nitrogens with zero attached hydrogens (tertiary/aromatic N) is 1. The van der Waals surface area contributed by atoms with Gasteiger partial charge in [0.2, 0.25) is 0 Å². The molecule has 0 aromatic heterocycles.